The van der Waals surface area contributed by atoms with E-state index < -0.39 is 23.7 Å². The third-order valence-corrected chi connectivity index (χ3v) is 8.61. The molecule has 4 rings (SSSR count). The molecule has 0 bridgehead atoms. The summed E-state index contributed by atoms with van der Waals surface area (Å²) in [5, 5.41) is 21.4. The van der Waals surface area contributed by atoms with E-state index >= 15 is 0 Å². The number of allylic oxidation sites excluding steroid dienone is 1. The smallest absolute Gasteiger partial charge is 0.161 e. The fourth-order valence-electron chi connectivity index (χ4n) is 7.03. The highest BCUT2D eigenvalue weighted by molar-refractivity contribution is 5.86. The highest BCUT2D eigenvalue weighted by Gasteiger charge is 2.65. The fraction of sp³-hybridized carbons (Fsp3) is 0.857. The fourth-order valence-corrected chi connectivity index (χ4v) is 7.03. The van der Waals surface area contributed by atoms with Crippen LogP contribution >= 0.6 is 0 Å². The summed E-state index contributed by atoms with van der Waals surface area (Å²) in [5.41, 5.74) is -0.909. The molecule has 0 aromatic carbocycles. The molecular weight excluding hydrogens is 300 g/mol. The number of carbonyl (C=O) groups excluding carboxylic acids is 1. The Kier molecular flexibility index (Phi) is 2.91. The van der Waals surface area contributed by atoms with Gasteiger partial charge in [-0.3, -0.25) is 4.79 Å². The van der Waals surface area contributed by atoms with Gasteiger partial charge in [0.15, 0.2) is 5.78 Å². The SMILES string of the molecule is [2H]C([2H])([2H])C(=O)[C@@]1(O)CCC2C3CC=C4CC(O)CC[C@]4(C)C3CC[C@@]21C. The van der Waals surface area contributed by atoms with Gasteiger partial charge in [-0.15, -0.1) is 0 Å². The van der Waals surface area contributed by atoms with E-state index in [1.165, 1.54) is 5.57 Å². The normalized spacial score (nSPS) is 56.0. The zero-order valence-electron chi connectivity index (χ0n) is 17.8. The Hall–Kier alpha value is -0.670. The summed E-state index contributed by atoms with van der Waals surface area (Å²) in [5.74, 6) is 0.0889. The quantitative estimate of drug-likeness (QED) is 0.720. The highest BCUT2D eigenvalue weighted by Crippen LogP contribution is 2.67. The zero-order chi connectivity index (χ0) is 19.8. The maximum absolute atomic E-state index is 12.7. The number of hydrogen-bond acceptors (Lipinski definition) is 3. The lowest BCUT2D eigenvalue weighted by Gasteiger charge is -2.58. The Morgan fingerprint density at radius 2 is 1.96 bits per heavy atom. The van der Waals surface area contributed by atoms with Crippen LogP contribution in [0, 0.1) is 28.6 Å². The van der Waals surface area contributed by atoms with Gasteiger partial charge in [0.1, 0.15) is 5.60 Å². The van der Waals surface area contributed by atoms with Gasteiger partial charge in [0.25, 0.3) is 0 Å². The molecule has 4 aliphatic rings. The van der Waals surface area contributed by atoms with Crippen molar-refractivity contribution >= 4 is 5.78 Å². The van der Waals surface area contributed by atoms with Crippen molar-refractivity contribution in [3.8, 4) is 0 Å². The predicted molar refractivity (Wildman–Crippen MR) is 93.3 cm³/mol. The first-order valence-corrected chi connectivity index (χ1v) is 9.58. The van der Waals surface area contributed by atoms with Crippen LogP contribution in [0.2, 0.25) is 0 Å². The Bertz CT molecular complexity index is 687. The number of ketones is 1. The summed E-state index contributed by atoms with van der Waals surface area (Å²) in [7, 11) is 0. The molecule has 134 valence electrons. The van der Waals surface area contributed by atoms with Crippen molar-refractivity contribution in [2.75, 3.05) is 0 Å². The molecule has 24 heavy (non-hydrogen) atoms. The van der Waals surface area contributed by atoms with Crippen LogP contribution in [0.3, 0.4) is 0 Å². The van der Waals surface area contributed by atoms with Crippen molar-refractivity contribution in [3.63, 3.8) is 0 Å². The minimum atomic E-state index is -2.76. The summed E-state index contributed by atoms with van der Waals surface area (Å²) >= 11 is 0. The molecule has 3 nitrogen and oxygen atoms in total. The topological polar surface area (TPSA) is 57.5 Å². The number of fused-ring (bicyclic) bond motifs is 5. The van der Waals surface area contributed by atoms with Crippen molar-refractivity contribution in [2.24, 2.45) is 28.6 Å². The molecule has 3 saturated carbocycles. The van der Waals surface area contributed by atoms with E-state index in [1.54, 1.807) is 0 Å². The lowest BCUT2D eigenvalue weighted by Crippen LogP contribution is -2.56. The van der Waals surface area contributed by atoms with Crippen LogP contribution in [0.25, 0.3) is 0 Å². The Labute approximate surface area is 149 Å². The average Bonchev–Trinajstić information content (AvgIpc) is 2.86. The third-order valence-electron chi connectivity index (χ3n) is 8.61. The molecular formula is C21H32O3. The van der Waals surface area contributed by atoms with Gasteiger partial charge in [0.2, 0.25) is 0 Å². The van der Waals surface area contributed by atoms with Gasteiger partial charge in [0.05, 0.1) is 6.10 Å². The van der Waals surface area contributed by atoms with Crippen molar-refractivity contribution in [1.82, 2.24) is 0 Å². The van der Waals surface area contributed by atoms with Crippen LogP contribution in [-0.2, 0) is 4.79 Å². The van der Waals surface area contributed by atoms with Crippen molar-refractivity contribution < 1.29 is 19.1 Å². The van der Waals surface area contributed by atoms with E-state index in [1.807, 2.05) is 6.92 Å². The Balaban J connectivity index is 1.68. The molecule has 0 aliphatic heterocycles. The van der Waals surface area contributed by atoms with Crippen molar-refractivity contribution in [3.05, 3.63) is 11.6 Å². The Morgan fingerprint density at radius 1 is 1.21 bits per heavy atom. The minimum Gasteiger partial charge on any atom is -0.393 e. The van der Waals surface area contributed by atoms with Crippen LogP contribution in [-0.4, -0.2) is 27.7 Å². The summed E-state index contributed by atoms with van der Waals surface area (Å²) in [6, 6.07) is 0. The minimum absolute atomic E-state index is 0.0955. The van der Waals surface area contributed by atoms with Crippen LogP contribution in [0.15, 0.2) is 11.6 Å². The summed E-state index contributed by atoms with van der Waals surface area (Å²) in [4.78, 5) is 12.7. The highest BCUT2D eigenvalue weighted by atomic mass is 16.3. The predicted octanol–water partition coefficient (Wildman–Crippen LogP) is 3.63. The molecule has 0 heterocycles. The second kappa shape index (κ2) is 5.17. The summed E-state index contributed by atoms with van der Waals surface area (Å²) in [6.07, 6.45) is 8.17. The van der Waals surface area contributed by atoms with E-state index in [9.17, 15) is 15.0 Å². The van der Waals surface area contributed by atoms with E-state index in [0.29, 0.717) is 18.3 Å². The molecule has 0 aromatic rings. The van der Waals surface area contributed by atoms with Gasteiger partial charge in [-0.25, -0.2) is 0 Å². The molecule has 7 atom stereocenters. The molecule has 0 aromatic heterocycles. The lowest BCUT2D eigenvalue weighted by molar-refractivity contribution is -0.159. The molecule has 3 heteroatoms. The molecule has 3 fully saturated rings. The molecule has 0 amide bonds. The van der Waals surface area contributed by atoms with Crippen LogP contribution in [0.4, 0.5) is 0 Å². The van der Waals surface area contributed by atoms with E-state index in [4.69, 9.17) is 4.11 Å². The number of rotatable bonds is 1. The van der Waals surface area contributed by atoms with Gasteiger partial charge in [0, 0.05) is 9.53 Å². The molecule has 0 saturated heterocycles. The molecule has 0 spiro atoms. The summed E-state index contributed by atoms with van der Waals surface area (Å²) in [6.45, 7) is 1.53. The first-order chi connectivity index (χ1) is 12.4. The standard InChI is InChI=1S/C21H32O3/c1-13(22)21(24)11-8-18-16-5-4-14-12-15(23)6-9-19(14,2)17(16)7-10-20(18,21)3/h4,15-18,23-24H,5-12H2,1-3H3/t15?,16?,17?,18?,19-,20-,21-/m0/s1/i1D3. The maximum atomic E-state index is 12.7. The first-order valence-electron chi connectivity index (χ1n) is 11.1. The third kappa shape index (κ3) is 1.94. The number of aliphatic hydroxyl groups excluding tert-OH is 1. The van der Waals surface area contributed by atoms with Crippen LogP contribution in [0.5, 0.6) is 0 Å². The van der Waals surface area contributed by atoms with E-state index in [0.717, 1.165) is 38.5 Å². The lowest BCUT2D eigenvalue weighted by atomic mass is 9.47. The van der Waals surface area contributed by atoms with Crippen molar-refractivity contribution in [1.29, 1.82) is 0 Å². The van der Waals surface area contributed by atoms with Gasteiger partial charge in [-0.05, 0) is 81.4 Å². The molecule has 4 unspecified atom stereocenters. The maximum Gasteiger partial charge on any atom is 0.161 e. The average molecular weight is 336 g/mol. The monoisotopic (exact) mass is 335 g/mol. The number of Topliss-reactive ketones (excluding diaryl/α,β-unsaturated/α-hetero) is 1. The summed E-state index contributed by atoms with van der Waals surface area (Å²) < 4.78 is 22.7. The second-order valence-corrected chi connectivity index (χ2v) is 9.34. The van der Waals surface area contributed by atoms with Gasteiger partial charge in [-0.2, -0.15) is 0 Å². The van der Waals surface area contributed by atoms with Crippen LogP contribution < -0.4 is 0 Å². The molecule has 0 radical (unpaired) electrons. The zero-order valence-corrected chi connectivity index (χ0v) is 14.8. The largest absolute Gasteiger partial charge is 0.393 e. The van der Waals surface area contributed by atoms with Gasteiger partial charge >= 0.3 is 0 Å². The van der Waals surface area contributed by atoms with Gasteiger partial charge < -0.3 is 10.2 Å². The van der Waals surface area contributed by atoms with E-state index in [-0.39, 0.29) is 23.9 Å². The van der Waals surface area contributed by atoms with Crippen LogP contribution in [0.1, 0.15) is 76.2 Å². The molecule has 2 N–H and O–H groups in total. The number of aliphatic hydroxyl groups is 2. The van der Waals surface area contributed by atoms with Gasteiger partial charge in [-0.1, -0.05) is 25.5 Å². The molecule has 4 aliphatic carbocycles. The van der Waals surface area contributed by atoms with Crippen molar-refractivity contribution in [2.45, 2.75) is 83.8 Å². The second-order valence-electron chi connectivity index (χ2n) is 9.34. The number of carbonyl (C=O) groups is 1. The number of hydrogen-bond donors (Lipinski definition) is 2. The first kappa shape index (κ1) is 13.5. The Morgan fingerprint density at radius 3 is 2.71 bits per heavy atom. The van der Waals surface area contributed by atoms with E-state index in [2.05, 4.69) is 13.0 Å².